The van der Waals surface area contributed by atoms with Gasteiger partial charge >= 0.3 is 0 Å². The van der Waals surface area contributed by atoms with Gasteiger partial charge in [0.25, 0.3) is 0 Å². The fourth-order valence-corrected chi connectivity index (χ4v) is 3.74. The number of likely N-dealkylation sites (tertiary alicyclic amines) is 1. The van der Waals surface area contributed by atoms with Gasteiger partial charge in [0.05, 0.1) is 6.54 Å². The first-order valence-corrected chi connectivity index (χ1v) is 9.27. The molecule has 0 N–H and O–H groups in total. The predicted octanol–water partition coefficient (Wildman–Crippen LogP) is 5.02. The molecule has 5 heteroatoms. The van der Waals surface area contributed by atoms with Crippen LogP contribution in [0.25, 0.3) is 11.1 Å². The van der Waals surface area contributed by atoms with E-state index in [1.807, 2.05) is 0 Å². The Morgan fingerprint density at radius 3 is 2.56 bits per heavy atom. The Kier molecular flexibility index (Phi) is 5.59. The zero-order valence-electron chi connectivity index (χ0n) is 15.8. The summed E-state index contributed by atoms with van der Waals surface area (Å²) in [6, 6.07) is 10.3. The van der Waals surface area contributed by atoms with Crippen LogP contribution >= 0.6 is 0 Å². The van der Waals surface area contributed by atoms with Crippen LogP contribution in [0.1, 0.15) is 26.3 Å². The van der Waals surface area contributed by atoms with Gasteiger partial charge in [-0.2, -0.15) is 0 Å². The first kappa shape index (κ1) is 19.5. The monoisotopic (exact) mass is 375 g/mol. The van der Waals surface area contributed by atoms with Crippen LogP contribution in [0.3, 0.4) is 0 Å². The van der Waals surface area contributed by atoms with Gasteiger partial charge in [-0.3, -0.25) is 4.79 Å². The highest BCUT2D eigenvalue weighted by atomic mass is 19.1. The highest BCUT2D eigenvalue weighted by Crippen LogP contribution is 2.33. The zero-order chi connectivity index (χ0) is 19.7. The van der Waals surface area contributed by atoms with Gasteiger partial charge in [-0.15, -0.1) is 0 Å². The normalized spacial score (nSPS) is 22.5. The van der Waals surface area contributed by atoms with Gasteiger partial charge in [0.2, 0.25) is 5.91 Å². The van der Waals surface area contributed by atoms with Crippen molar-refractivity contribution < 1.29 is 18.0 Å². The van der Waals surface area contributed by atoms with Gasteiger partial charge in [0.15, 0.2) is 0 Å². The van der Waals surface area contributed by atoms with Crippen LogP contribution in [0.15, 0.2) is 42.5 Å². The van der Waals surface area contributed by atoms with Crippen LogP contribution in [0, 0.1) is 23.5 Å². The Balaban J connectivity index is 1.93. The number of rotatable bonds is 4. The van der Waals surface area contributed by atoms with E-state index < -0.39 is 23.8 Å². The molecule has 0 spiro atoms. The van der Waals surface area contributed by atoms with E-state index in [1.54, 1.807) is 49.9 Å². The van der Waals surface area contributed by atoms with Crippen molar-refractivity contribution in [3.05, 3.63) is 59.7 Å². The van der Waals surface area contributed by atoms with E-state index in [0.717, 1.165) is 0 Å². The Morgan fingerprint density at radius 2 is 1.89 bits per heavy atom. The number of hydrogen-bond donors (Lipinski definition) is 0. The second-order valence-electron chi connectivity index (χ2n) is 7.58. The molecule has 3 atom stereocenters. The molecule has 0 aromatic heterocycles. The van der Waals surface area contributed by atoms with Crippen LogP contribution < -0.4 is 0 Å². The summed E-state index contributed by atoms with van der Waals surface area (Å²) in [4.78, 5) is 14.0. The Morgan fingerprint density at radius 1 is 1.19 bits per heavy atom. The van der Waals surface area contributed by atoms with E-state index in [1.165, 1.54) is 18.2 Å². The molecule has 0 aliphatic carbocycles. The maximum atomic E-state index is 15.1. The van der Waals surface area contributed by atoms with Crippen LogP contribution in [-0.2, 0) is 11.2 Å². The smallest absolute Gasteiger partial charge is 0.225 e. The van der Waals surface area contributed by atoms with Gasteiger partial charge in [-0.05, 0) is 29.7 Å². The molecular weight excluding hydrogens is 351 g/mol. The summed E-state index contributed by atoms with van der Waals surface area (Å²) in [5, 5.41) is 0. The SMILES string of the molecule is CC(C)C(=O)N1C[C@H](F)[C@H](C)[C@@H]1Cc1cccc(-c2cccc(F)c2)c1F. The van der Waals surface area contributed by atoms with Crippen molar-refractivity contribution >= 4 is 5.91 Å². The number of nitrogens with zero attached hydrogens (tertiary/aromatic N) is 1. The van der Waals surface area contributed by atoms with Crippen molar-refractivity contribution in [3.63, 3.8) is 0 Å². The third-order valence-electron chi connectivity index (χ3n) is 5.37. The van der Waals surface area contributed by atoms with E-state index in [9.17, 15) is 13.6 Å². The van der Waals surface area contributed by atoms with Crippen molar-refractivity contribution in [1.29, 1.82) is 0 Å². The van der Waals surface area contributed by atoms with Crippen LogP contribution in [0.5, 0.6) is 0 Å². The second-order valence-corrected chi connectivity index (χ2v) is 7.58. The molecule has 0 saturated carbocycles. The first-order valence-electron chi connectivity index (χ1n) is 9.27. The van der Waals surface area contributed by atoms with Gasteiger partial charge in [-0.1, -0.05) is 51.1 Å². The Labute approximate surface area is 158 Å². The zero-order valence-corrected chi connectivity index (χ0v) is 15.8. The maximum absolute atomic E-state index is 15.1. The molecule has 0 bridgehead atoms. The minimum Gasteiger partial charge on any atom is -0.336 e. The van der Waals surface area contributed by atoms with Crippen molar-refractivity contribution in [2.45, 2.75) is 39.4 Å². The lowest BCUT2D eigenvalue weighted by Gasteiger charge is -2.28. The molecule has 3 rings (SSSR count). The lowest BCUT2D eigenvalue weighted by Crippen LogP contribution is -2.41. The molecule has 1 saturated heterocycles. The van der Waals surface area contributed by atoms with Crippen molar-refractivity contribution in [2.24, 2.45) is 11.8 Å². The van der Waals surface area contributed by atoms with E-state index in [2.05, 4.69) is 0 Å². The summed E-state index contributed by atoms with van der Waals surface area (Å²) >= 11 is 0. The van der Waals surface area contributed by atoms with Gasteiger partial charge in [0.1, 0.15) is 17.8 Å². The van der Waals surface area contributed by atoms with E-state index >= 15 is 4.39 Å². The minimum atomic E-state index is -1.12. The van der Waals surface area contributed by atoms with E-state index in [0.29, 0.717) is 16.7 Å². The van der Waals surface area contributed by atoms with Crippen molar-refractivity contribution in [1.82, 2.24) is 4.90 Å². The standard InChI is InChI=1S/C22H24F3NO/c1-13(2)22(27)26-12-19(24)14(3)20(26)11-16-7-5-9-18(21(16)25)15-6-4-8-17(23)10-15/h4-10,13-14,19-20H,11-12H2,1-3H3/t14-,19-,20-/m0/s1. The van der Waals surface area contributed by atoms with E-state index in [-0.39, 0.29) is 30.7 Å². The number of carbonyl (C=O) groups excluding carboxylic acids is 1. The summed E-state index contributed by atoms with van der Waals surface area (Å²) in [5.41, 5.74) is 1.16. The quantitative estimate of drug-likeness (QED) is 0.735. The number of hydrogen-bond acceptors (Lipinski definition) is 1. The first-order chi connectivity index (χ1) is 12.8. The highest BCUT2D eigenvalue weighted by molar-refractivity contribution is 5.79. The third-order valence-corrected chi connectivity index (χ3v) is 5.37. The number of amides is 1. The number of halogens is 3. The fraction of sp³-hybridized carbons (Fsp3) is 0.409. The minimum absolute atomic E-state index is 0.0497. The molecule has 1 aliphatic rings. The summed E-state index contributed by atoms with van der Waals surface area (Å²) in [7, 11) is 0. The molecule has 2 nitrogen and oxygen atoms in total. The van der Waals surface area contributed by atoms with Crippen LogP contribution in [-0.4, -0.2) is 29.6 Å². The molecule has 1 aliphatic heterocycles. The molecule has 2 aromatic rings. The number of carbonyl (C=O) groups is 1. The Hall–Kier alpha value is -2.30. The molecule has 0 unspecified atom stereocenters. The Bertz CT molecular complexity index is 836. The number of alkyl halides is 1. The van der Waals surface area contributed by atoms with Crippen molar-refractivity contribution in [3.8, 4) is 11.1 Å². The van der Waals surface area contributed by atoms with Crippen LogP contribution in [0.2, 0.25) is 0 Å². The third kappa shape index (κ3) is 3.87. The number of benzene rings is 2. The summed E-state index contributed by atoms with van der Waals surface area (Å²) in [6.45, 7) is 5.37. The average molecular weight is 375 g/mol. The van der Waals surface area contributed by atoms with Gasteiger partial charge < -0.3 is 4.90 Å². The molecular formula is C22H24F3NO. The summed E-state index contributed by atoms with van der Waals surface area (Å²) in [5.74, 6) is -1.61. The predicted molar refractivity (Wildman–Crippen MR) is 99.9 cm³/mol. The average Bonchev–Trinajstić information content (AvgIpc) is 2.91. The molecule has 0 radical (unpaired) electrons. The molecule has 1 fully saturated rings. The molecule has 1 heterocycles. The lowest BCUT2D eigenvalue weighted by molar-refractivity contribution is -0.135. The highest BCUT2D eigenvalue weighted by Gasteiger charge is 2.42. The topological polar surface area (TPSA) is 20.3 Å². The summed E-state index contributed by atoms with van der Waals surface area (Å²) in [6.07, 6.45) is -0.887. The second kappa shape index (κ2) is 7.75. The molecule has 2 aromatic carbocycles. The summed E-state index contributed by atoms with van der Waals surface area (Å²) < 4.78 is 43.0. The van der Waals surface area contributed by atoms with Crippen molar-refractivity contribution in [2.75, 3.05) is 6.54 Å². The van der Waals surface area contributed by atoms with Gasteiger partial charge in [0, 0.05) is 23.4 Å². The van der Waals surface area contributed by atoms with E-state index in [4.69, 9.17) is 0 Å². The maximum Gasteiger partial charge on any atom is 0.225 e. The fourth-order valence-electron chi connectivity index (χ4n) is 3.74. The largest absolute Gasteiger partial charge is 0.336 e. The molecule has 1 amide bonds. The lowest BCUT2D eigenvalue weighted by atomic mass is 9.92. The van der Waals surface area contributed by atoms with Gasteiger partial charge in [-0.25, -0.2) is 13.2 Å². The van der Waals surface area contributed by atoms with Crippen LogP contribution in [0.4, 0.5) is 13.2 Å². The molecule has 144 valence electrons. The molecule has 27 heavy (non-hydrogen) atoms.